The zero-order valence-corrected chi connectivity index (χ0v) is 16.8. The van der Waals surface area contributed by atoms with Gasteiger partial charge in [-0.3, -0.25) is 14.4 Å². The summed E-state index contributed by atoms with van der Waals surface area (Å²) in [7, 11) is -2.81. The molecule has 7 nitrogen and oxygen atoms in total. The van der Waals surface area contributed by atoms with Crippen molar-refractivity contribution in [3.8, 4) is 5.75 Å². The highest BCUT2D eigenvalue weighted by Gasteiger charge is 2.30. The molecule has 0 aliphatic rings. The Balaban J connectivity index is 2.70. The Labute approximate surface area is 167 Å². The lowest BCUT2D eigenvalue weighted by Crippen LogP contribution is -2.32. The second-order valence-corrected chi connectivity index (χ2v) is 8.03. The van der Waals surface area contributed by atoms with Crippen LogP contribution in [0.3, 0.4) is 0 Å². The number of hydrogen-bond acceptors (Lipinski definition) is 5. The number of sulfonamides is 1. The van der Waals surface area contributed by atoms with Crippen molar-refractivity contribution in [1.82, 2.24) is 0 Å². The molecular weight excluding hydrogens is 415 g/mol. The Morgan fingerprint density at radius 3 is 2.48 bits per heavy atom. The van der Waals surface area contributed by atoms with Gasteiger partial charge in [-0.25, -0.2) is 8.42 Å². The van der Waals surface area contributed by atoms with Gasteiger partial charge < -0.3 is 4.74 Å². The number of hydrogen-bond donors (Lipinski definition) is 0. The SMILES string of the molecule is C=CCN(c1cc([N+](=O)[O-])ccc1C)S(=O)(=O)c1ccc(OC)c(Cl)c1Cl. The first-order valence-corrected chi connectivity index (χ1v) is 9.75. The number of non-ortho nitro benzene ring substituents is 1. The van der Waals surface area contributed by atoms with Crippen molar-refractivity contribution < 1.29 is 18.1 Å². The van der Waals surface area contributed by atoms with Crippen molar-refractivity contribution in [2.45, 2.75) is 11.8 Å². The fourth-order valence-corrected chi connectivity index (χ4v) is 4.72. The van der Waals surface area contributed by atoms with E-state index in [1.165, 1.54) is 43.5 Å². The van der Waals surface area contributed by atoms with Crippen LogP contribution in [0.5, 0.6) is 5.75 Å². The number of ether oxygens (including phenoxy) is 1. The standard InChI is InChI=1S/C17H16Cl2N2O5S/c1-4-9-20(13-10-12(21(22)23)6-5-11(13)2)27(24,25)15-8-7-14(26-3)16(18)17(15)19/h4-8,10H,1,9H2,2-3H3. The molecule has 0 amide bonds. The molecule has 0 fully saturated rings. The van der Waals surface area contributed by atoms with Gasteiger partial charge in [-0.15, -0.1) is 6.58 Å². The van der Waals surface area contributed by atoms with Crippen molar-refractivity contribution in [2.24, 2.45) is 0 Å². The molecule has 2 aromatic carbocycles. The number of halogens is 2. The number of nitrogens with zero attached hydrogens (tertiary/aromatic N) is 2. The van der Waals surface area contributed by atoms with Crippen molar-refractivity contribution in [2.75, 3.05) is 18.0 Å². The minimum absolute atomic E-state index is 0.0467. The monoisotopic (exact) mass is 430 g/mol. The van der Waals surface area contributed by atoms with E-state index in [2.05, 4.69) is 6.58 Å². The molecule has 0 saturated heterocycles. The van der Waals surface area contributed by atoms with Gasteiger partial charge in [0.1, 0.15) is 15.7 Å². The molecule has 0 spiro atoms. The van der Waals surface area contributed by atoms with E-state index in [1.54, 1.807) is 6.92 Å². The van der Waals surface area contributed by atoms with Crippen LogP contribution in [0.25, 0.3) is 0 Å². The fraction of sp³-hybridized carbons (Fsp3) is 0.176. The smallest absolute Gasteiger partial charge is 0.271 e. The normalized spacial score (nSPS) is 11.1. The van der Waals surface area contributed by atoms with Crippen molar-refractivity contribution in [3.63, 3.8) is 0 Å². The first-order valence-electron chi connectivity index (χ1n) is 7.55. The molecule has 27 heavy (non-hydrogen) atoms. The minimum Gasteiger partial charge on any atom is -0.495 e. The van der Waals surface area contributed by atoms with Crippen molar-refractivity contribution in [3.05, 3.63) is 68.7 Å². The first-order chi connectivity index (χ1) is 12.6. The largest absolute Gasteiger partial charge is 0.495 e. The molecule has 0 aliphatic carbocycles. The maximum Gasteiger partial charge on any atom is 0.271 e. The number of anilines is 1. The van der Waals surface area contributed by atoms with Gasteiger partial charge >= 0.3 is 0 Å². The van der Waals surface area contributed by atoms with Crippen LogP contribution < -0.4 is 9.04 Å². The highest BCUT2D eigenvalue weighted by molar-refractivity contribution is 7.93. The Bertz CT molecular complexity index is 1010. The number of benzene rings is 2. The van der Waals surface area contributed by atoms with Gasteiger partial charge in [0.2, 0.25) is 0 Å². The third-order valence-corrected chi connectivity index (χ3v) is 6.57. The molecule has 0 N–H and O–H groups in total. The summed E-state index contributed by atoms with van der Waals surface area (Å²) >= 11 is 12.2. The Hall–Kier alpha value is -2.29. The molecule has 0 saturated carbocycles. The molecule has 144 valence electrons. The Morgan fingerprint density at radius 2 is 1.93 bits per heavy atom. The molecule has 0 aliphatic heterocycles. The summed E-state index contributed by atoms with van der Waals surface area (Å²) in [4.78, 5) is 10.3. The molecule has 0 bridgehead atoms. The second kappa shape index (κ2) is 8.16. The van der Waals surface area contributed by atoms with E-state index < -0.39 is 14.9 Å². The lowest BCUT2D eigenvalue weighted by molar-refractivity contribution is -0.384. The van der Waals surface area contributed by atoms with Gasteiger partial charge in [0.05, 0.1) is 29.3 Å². The van der Waals surface area contributed by atoms with E-state index in [0.29, 0.717) is 5.56 Å². The summed E-state index contributed by atoms with van der Waals surface area (Å²) < 4.78 is 32.5. The summed E-state index contributed by atoms with van der Waals surface area (Å²) in [5.74, 6) is 0.224. The van der Waals surface area contributed by atoms with E-state index in [4.69, 9.17) is 27.9 Å². The molecule has 10 heteroatoms. The van der Waals surface area contributed by atoms with Gasteiger partial charge in [-0.2, -0.15) is 0 Å². The first kappa shape index (κ1) is 21.0. The van der Waals surface area contributed by atoms with Crippen LogP contribution in [0.2, 0.25) is 10.0 Å². The molecule has 0 aromatic heterocycles. The van der Waals surface area contributed by atoms with Gasteiger partial charge in [0.25, 0.3) is 15.7 Å². The summed E-state index contributed by atoms with van der Waals surface area (Å²) in [5.41, 5.74) is 0.438. The van der Waals surface area contributed by atoms with Gasteiger partial charge in [-0.1, -0.05) is 35.3 Å². The second-order valence-electron chi connectivity index (χ2n) is 5.45. The predicted molar refractivity (Wildman–Crippen MR) is 106 cm³/mol. The number of methoxy groups -OCH3 is 1. The zero-order chi connectivity index (χ0) is 20.4. The maximum atomic E-state index is 13.3. The zero-order valence-electron chi connectivity index (χ0n) is 14.5. The van der Waals surface area contributed by atoms with E-state index in [1.807, 2.05) is 0 Å². The summed E-state index contributed by atoms with van der Waals surface area (Å²) in [6.07, 6.45) is 1.37. The number of nitro benzene ring substituents is 1. The molecule has 0 radical (unpaired) electrons. The number of nitro groups is 1. The minimum atomic E-state index is -4.19. The van der Waals surface area contributed by atoms with Gasteiger partial charge in [-0.05, 0) is 24.6 Å². The van der Waals surface area contributed by atoms with Crippen molar-refractivity contribution in [1.29, 1.82) is 0 Å². The fourth-order valence-electron chi connectivity index (χ4n) is 2.41. The van der Waals surface area contributed by atoms with Crippen LogP contribution in [0, 0.1) is 17.0 Å². The highest BCUT2D eigenvalue weighted by atomic mass is 35.5. The Morgan fingerprint density at radius 1 is 1.26 bits per heavy atom. The third-order valence-electron chi connectivity index (χ3n) is 3.77. The average molecular weight is 431 g/mol. The lowest BCUT2D eigenvalue weighted by Gasteiger charge is -2.25. The Kier molecular flexibility index (Phi) is 6.35. The van der Waals surface area contributed by atoms with E-state index in [-0.39, 0.29) is 38.6 Å². The van der Waals surface area contributed by atoms with Gasteiger partial charge in [0, 0.05) is 12.1 Å². The van der Waals surface area contributed by atoms with Gasteiger partial charge in [0.15, 0.2) is 0 Å². The average Bonchev–Trinajstić information content (AvgIpc) is 2.62. The van der Waals surface area contributed by atoms with Crippen molar-refractivity contribution >= 4 is 44.6 Å². The van der Waals surface area contributed by atoms with E-state index >= 15 is 0 Å². The lowest BCUT2D eigenvalue weighted by atomic mass is 10.2. The molecular formula is C17H16Cl2N2O5S. The predicted octanol–water partition coefficient (Wildman–Crippen LogP) is 4.60. The van der Waals surface area contributed by atoms with E-state index in [0.717, 1.165) is 4.31 Å². The van der Waals surface area contributed by atoms with Crippen LogP contribution in [-0.4, -0.2) is 27.0 Å². The summed E-state index contributed by atoms with van der Waals surface area (Å²) in [5, 5.41) is 10.9. The van der Waals surface area contributed by atoms with Crippen LogP contribution in [0.15, 0.2) is 47.9 Å². The summed E-state index contributed by atoms with van der Waals surface area (Å²) in [6.45, 7) is 5.09. The number of rotatable bonds is 7. The molecule has 0 unspecified atom stereocenters. The quantitative estimate of drug-likeness (QED) is 0.363. The van der Waals surface area contributed by atoms with Crippen LogP contribution >= 0.6 is 23.2 Å². The molecule has 0 atom stereocenters. The molecule has 2 rings (SSSR count). The van der Waals surface area contributed by atoms with Crippen LogP contribution in [0.4, 0.5) is 11.4 Å². The topological polar surface area (TPSA) is 89.8 Å². The highest BCUT2D eigenvalue weighted by Crippen LogP contribution is 2.39. The molecule has 2 aromatic rings. The number of aryl methyl sites for hydroxylation is 1. The van der Waals surface area contributed by atoms with E-state index in [9.17, 15) is 18.5 Å². The maximum absolute atomic E-state index is 13.3. The molecule has 0 heterocycles. The van der Waals surface area contributed by atoms with Crippen LogP contribution in [-0.2, 0) is 10.0 Å². The third kappa shape index (κ3) is 4.02. The van der Waals surface area contributed by atoms with Crippen LogP contribution in [0.1, 0.15) is 5.56 Å². The summed E-state index contributed by atoms with van der Waals surface area (Å²) in [6, 6.07) is 6.62.